The highest BCUT2D eigenvalue weighted by molar-refractivity contribution is 6.03. The Kier molecular flexibility index (Phi) is 4.75. The Morgan fingerprint density at radius 1 is 1.00 bits per heavy atom. The summed E-state index contributed by atoms with van der Waals surface area (Å²) in [6, 6.07) is 14.0. The van der Waals surface area contributed by atoms with Crippen LogP contribution in [0.25, 0.3) is 22.0 Å². The summed E-state index contributed by atoms with van der Waals surface area (Å²) in [6.45, 7) is 2.05. The number of piperidine rings is 1. The molecule has 1 aromatic heterocycles. The second kappa shape index (κ2) is 7.35. The molecule has 0 aliphatic carbocycles. The van der Waals surface area contributed by atoms with E-state index in [0.29, 0.717) is 5.56 Å². The van der Waals surface area contributed by atoms with Gasteiger partial charge in [0.2, 0.25) is 0 Å². The smallest absolute Gasteiger partial charge is 0.253 e. The fourth-order valence-electron chi connectivity index (χ4n) is 3.76. The van der Waals surface area contributed by atoms with Gasteiger partial charge in [-0.1, -0.05) is 24.3 Å². The zero-order valence-electron chi connectivity index (χ0n) is 15.9. The summed E-state index contributed by atoms with van der Waals surface area (Å²) in [5, 5.41) is 1.07. The molecule has 0 N–H and O–H groups in total. The lowest BCUT2D eigenvalue weighted by Gasteiger charge is -2.29. The van der Waals surface area contributed by atoms with Gasteiger partial charge in [-0.15, -0.1) is 0 Å². The Labute approximate surface area is 159 Å². The molecule has 1 saturated heterocycles. The van der Waals surface area contributed by atoms with E-state index in [9.17, 15) is 4.79 Å². The third-order valence-corrected chi connectivity index (χ3v) is 5.13. The average molecular weight is 360 g/mol. The normalized spacial score (nSPS) is 14.4. The van der Waals surface area contributed by atoms with Gasteiger partial charge in [0.15, 0.2) is 0 Å². The zero-order chi connectivity index (χ0) is 18.8. The van der Waals surface area contributed by atoms with Gasteiger partial charge in [0, 0.05) is 32.7 Å². The van der Waals surface area contributed by atoms with Crippen molar-refractivity contribution in [1.29, 1.82) is 0 Å². The van der Waals surface area contributed by atoms with E-state index in [0.717, 1.165) is 40.9 Å². The van der Waals surface area contributed by atoms with Crippen molar-refractivity contribution >= 4 is 22.6 Å². The topological polar surface area (TPSA) is 49.3 Å². The lowest BCUT2D eigenvalue weighted by molar-refractivity contribution is 0.0827. The van der Waals surface area contributed by atoms with Gasteiger partial charge in [-0.25, -0.2) is 9.97 Å². The summed E-state index contributed by atoms with van der Waals surface area (Å²) >= 11 is 0. The van der Waals surface area contributed by atoms with E-state index in [1.807, 2.05) is 36.4 Å². The summed E-state index contributed by atoms with van der Waals surface area (Å²) in [5.74, 6) is 1.00. The molecule has 1 amide bonds. The van der Waals surface area contributed by atoms with Crippen LogP contribution in [0.4, 0.5) is 5.82 Å². The number of rotatable bonds is 3. The standard InChI is InChI=1S/C22H24N4O/c1-25(2)22(27)17-9-6-8-16(14-17)18-10-7-11-19-20(18)21(24-15-23-19)26-12-4-3-5-13-26/h6-11,14-15H,3-5,12-13H2,1-2H3. The molecule has 5 heteroatoms. The fraction of sp³-hybridized carbons (Fsp3) is 0.318. The molecular weight excluding hydrogens is 336 g/mol. The van der Waals surface area contributed by atoms with Crippen LogP contribution in [0.2, 0.25) is 0 Å². The fourth-order valence-corrected chi connectivity index (χ4v) is 3.76. The molecule has 138 valence electrons. The summed E-state index contributed by atoms with van der Waals surface area (Å²) in [5.41, 5.74) is 3.71. The predicted molar refractivity (Wildman–Crippen MR) is 109 cm³/mol. The predicted octanol–water partition coefficient (Wildman–Crippen LogP) is 3.99. The lowest BCUT2D eigenvalue weighted by Crippen LogP contribution is -2.30. The minimum atomic E-state index is 0.00425. The highest BCUT2D eigenvalue weighted by atomic mass is 16.2. The maximum absolute atomic E-state index is 12.4. The van der Waals surface area contributed by atoms with E-state index in [1.54, 1.807) is 25.3 Å². The minimum Gasteiger partial charge on any atom is -0.356 e. The van der Waals surface area contributed by atoms with Crippen molar-refractivity contribution < 1.29 is 4.79 Å². The van der Waals surface area contributed by atoms with Crippen LogP contribution in [0, 0.1) is 0 Å². The molecule has 4 rings (SSSR count). The van der Waals surface area contributed by atoms with Gasteiger partial charge in [0.1, 0.15) is 12.1 Å². The van der Waals surface area contributed by atoms with Crippen molar-refractivity contribution in [2.75, 3.05) is 32.1 Å². The van der Waals surface area contributed by atoms with Crippen molar-refractivity contribution in [2.45, 2.75) is 19.3 Å². The molecule has 3 aromatic rings. The summed E-state index contributed by atoms with van der Waals surface area (Å²) < 4.78 is 0. The number of amides is 1. The maximum atomic E-state index is 12.4. The Morgan fingerprint density at radius 3 is 2.56 bits per heavy atom. The molecule has 0 radical (unpaired) electrons. The first-order valence-corrected chi connectivity index (χ1v) is 9.46. The molecule has 0 atom stereocenters. The van der Waals surface area contributed by atoms with Gasteiger partial charge >= 0.3 is 0 Å². The maximum Gasteiger partial charge on any atom is 0.253 e. The number of carbonyl (C=O) groups is 1. The number of carbonyl (C=O) groups excluding carboxylic acids is 1. The number of aromatic nitrogens is 2. The van der Waals surface area contributed by atoms with Crippen LogP contribution >= 0.6 is 0 Å². The van der Waals surface area contributed by atoms with E-state index in [-0.39, 0.29) is 5.91 Å². The van der Waals surface area contributed by atoms with Crippen LogP contribution in [0.3, 0.4) is 0 Å². The van der Waals surface area contributed by atoms with Crippen LogP contribution in [0.15, 0.2) is 48.8 Å². The van der Waals surface area contributed by atoms with Crippen LogP contribution < -0.4 is 4.90 Å². The Bertz CT molecular complexity index is 972. The number of hydrogen-bond acceptors (Lipinski definition) is 4. The highest BCUT2D eigenvalue weighted by Gasteiger charge is 2.18. The first kappa shape index (κ1) is 17.5. The Balaban J connectivity index is 1.87. The van der Waals surface area contributed by atoms with E-state index < -0.39 is 0 Å². The molecule has 5 nitrogen and oxygen atoms in total. The molecule has 2 aromatic carbocycles. The lowest BCUT2D eigenvalue weighted by atomic mass is 9.98. The van der Waals surface area contributed by atoms with Gasteiger partial charge in [-0.3, -0.25) is 4.79 Å². The Hall–Kier alpha value is -2.95. The monoisotopic (exact) mass is 360 g/mol. The molecule has 27 heavy (non-hydrogen) atoms. The number of nitrogens with zero attached hydrogens (tertiary/aromatic N) is 4. The first-order chi connectivity index (χ1) is 13.1. The number of benzene rings is 2. The summed E-state index contributed by atoms with van der Waals surface area (Å²) in [6.07, 6.45) is 5.32. The van der Waals surface area contributed by atoms with E-state index in [1.165, 1.54) is 19.3 Å². The highest BCUT2D eigenvalue weighted by Crippen LogP contribution is 2.34. The molecule has 1 aliphatic heterocycles. The van der Waals surface area contributed by atoms with Crippen LogP contribution in [-0.2, 0) is 0 Å². The van der Waals surface area contributed by atoms with Gasteiger partial charge in [0.25, 0.3) is 5.91 Å². The molecule has 0 bridgehead atoms. The molecular formula is C22H24N4O. The summed E-state index contributed by atoms with van der Waals surface area (Å²) in [7, 11) is 3.55. The number of fused-ring (bicyclic) bond motifs is 1. The van der Waals surface area contributed by atoms with E-state index >= 15 is 0 Å². The van der Waals surface area contributed by atoms with Gasteiger partial charge in [-0.05, 0) is 48.6 Å². The summed E-state index contributed by atoms with van der Waals surface area (Å²) in [4.78, 5) is 25.5. The molecule has 0 spiro atoms. The largest absolute Gasteiger partial charge is 0.356 e. The van der Waals surface area contributed by atoms with Crippen LogP contribution in [-0.4, -0.2) is 48.0 Å². The number of hydrogen-bond donors (Lipinski definition) is 0. The minimum absolute atomic E-state index is 0.00425. The molecule has 0 unspecified atom stereocenters. The quantitative estimate of drug-likeness (QED) is 0.709. The second-order valence-corrected chi connectivity index (χ2v) is 7.23. The SMILES string of the molecule is CN(C)C(=O)c1cccc(-c2cccc3ncnc(N4CCCCC4)c23)c1. The third-order valence-electron chi connectivity index (χ3n) is 5.13. The van der Waals surface area contributed by atoms with Gasteiger partial charge in [-0.2, -0.15) is 0 Å². The van der Waals surface area contributed by atoms with Crippen LogP contribution in [0.1, 0.15) is 29.6 Å². The molecule has 0 saturated carbocycles. The van der Waals surface area contributed by atoms with E-state index in [2.05, 4.69) is 20.9 Å². The Morgan fingerprint density at radius 2 is 1.78 bits per heavy atom. The zero-order valence-corrected chi connectivity index (χ0v) is 15.9. The molecule has 2 heterocycles. The van der Waals surface area contributed by atoms with Crippen molar-refractivity contribution in [2.24, 2.45) is 0 Å². The van der Waals surface area contributed by atoms with Crippen molar-refractivity contribution in [3.63, 3.8) is 0 Å². The average Bonchev–Trinajstić information content (AvgIpc) is 2.73. The van der Waals surface area contributed by atoms with Crippen molar-refractivity contribution in [3.8, 4) is 11.1 Å². The van der Waals surface area contributed by atoms with Crippen molar-refractivity contribution in [1.82, 2.24) is 14.9 Å². The van der Waals surface area contributed by atoms with Crippen LogP contribution in [0.5, 0.6) is 0 Å². The second-order valence-electron chi connectivity index (χ2n) is 7.23. The van der Waals surface area contributed by atoms with Gasteiger partial charge in [0.05, 0.1) is 10.9 Å². The molecule has 1 fully saturated rings. The van der Waals surface area contributed by atoms with Gasteiger partial charge < -0.3 is 9.80 Å². The molecule has 1 aliphatic rings. The third kappa shape index (κ3) is 3.37. The first-order valence-electron chi connectivity index (χ1n) is 9.46. The van der Waals surface area contributed by atoms with Crippen molar-refractivity contribution in [3.05, 3.63) is 54.4 Å². The van der Waals surface area contributed by atoms with E-state index in [4.69, 9.17) is 0 Å². The number of anilines is 1.